The highest BCUT2D eigenvalue weighted by molar-refractivity contribution is 9.10. The molecule has 1 aromatic carbocycles. The van der Waals surface area contributed by atoms with E-state index in [4.69, 9.17) is 0 Å². The Balaban J connectivity index is 2.00. The van der Waals surface area contributed by atoms with Crippen LogP contribution in [0.4, 0.5) is 11.5 Å². The smallest absolute Gasteiger partial charge is 0.274 e. The average molecular weight is 364 g/mol. The second-order valence-corrected chi connectivity index (χ2v) is 5.90. The molecule has 1 heterocycles. The number of hydrogen-bond acceptors (Lipinski definition) is 5. The number of anilines is 2. The molecule has 2 rings (SSSR count). The van der Waals surface area contributed by atoms with Crippen LogP contribution in [0.25, 0.3) is 0 Å². The van der Waals surface area contributed by atoms with Crippen molar-refractivity contribution in [3.63, 3.8) is 0 Å². The van der Waals surface area contributed by atoms with E-state index in [-0.39, 0.29) is 5.91 Å². The minimum Gasteiger partial charge on any atom is -0.369 e. The van der Waals surface area contributed by atoms with Crippen LogP contribution in [0.3, 0.4) is 0 Å². The van der Waals surface area contributed by atoms with Gasteiger partial charge in [0.2, 0.25) is 0 Å². The number of carbonyl (C=O) groups is 1. The molecule has 22 heavy (non-hydrogen) atoms. The molecule has 0 aliphatic heterocycles. The number of aromatic nitrogens is 2. The molecule has 0 aliphatic rings. The highest BCUT2D eigenvalue weighted by Crippen LogP contribution is 2.16. The molecule has 7 heteroatoms. The van der Waals surface area contributed by atoms with Crippen LogP contribution in [-0.4, -0.2) is 48.0 Å². The van der Waals surface area contributed by atoms with E-state index < -0.39 is 0 Å². The molecule has 6 nitrogen and oxygen atoms in total. The maximum Gasteiger partial charge on any atom is 0.274 e. The zero-order valence-electron chi connectivity index (χ0n) is 12.5. The fourth-order valence-electron chi connectivity index (χ4n) is 1.75. The van der Waals surface area contributed by atoms with Crippen LogP contribution in [0, 0.1) is 0 Å². The molecule has 0 atom stereocenters. The Bertz CT molecular complexity index is 647. The van der Waals surface area contributed by atoms with Crippen molar-refractivity contribution in [2.75, 3.05) is 37.8 Å². The fraction of sp³-hybridized carbons (Fsp3) is 0.267. The topological polar surface area (TPSA) is 70.2 Å². The SMILES string of the molecule is CN(C)CCNc1cc(C(=O)Nc2cccc(Br)c2)ncn1. The van der Waals surface area contributed by atoms with Crippen molar-refractivity contribution in [1.29, 1.82) is 0 Å². The maximum absolute atomic E-state index is 12.2. The van der Waals surface area contributed by atoms with E-state index in [2.05, 4.69) is 41.4 Å². The van der Waals surface area contributed by atoms with E-state index in [0.717, 1.165) is 17.6 Å². The Labute approximate surface area is 138 Å². The molecular formula is C15H18BrN5O. The van der Waals surface area contributed by atoms with Crippen molar-refractivity contribution in [3.05, 3.63) is 46.8 Å². The van der Waals surface area contributed by atoms with Crippen LogP contribution in [-0.2, 0) is 0 Å². The van der Waals surface area contributed by atoms with Crippen molar-refractivity contribution >= 4 is 33.3 Å². The minimum atomic E-state index is -0.267. The Morgan fingerprint density at radius 1 is 1.27 bits per heavy atom. The summed E-state index contributed by atoms with van der Waals surface area (Å²) in [6, 6.07) is 9.04. The number of rotatable bonds is 6. The Hall–Kier alpha value is -1.99. The lowest BCUT2D eigenvalue weighted by molar-refractivity contribution is 0.102. The highest BCUT2D eigenvalue weighted by atomic mass is 79.9. The van der Waals surface area contributed by atoms with Gasteiger partial charge in [-0.3, -0.25) is 4.79 Å². The molecule has 0 aliphatic carbocycles. The van der Waals surface area contributed by atoms with Crippen molar-refractivity contribution in [2.45, 2.75) is 0 Å². The van der Waals surface area contributed by atoms with Crippen LogP contribution in [0.5, 0.6) is 0 Å². The number of likely N-dealkylation sites (N-methyl/N-ethyl adjacent to an activating group) is 1. The summed E-state index contributed by atoms with van der Waals surface area (Å²) < 4.78 is 0.902. The summed E-state index contributed by atoms with van der Waals surface area (Å²) in [6.07, 6.45) is 1.38. The van der Waals surface area contributed by atoms with Crippen LogP contribution in [0.2, 0.25) is 0 Å². The number of halogens is 1. The van der Waals surface area contributed by atoms with Gasteiger partial charge in [-0.2, -0.15) is 0 Å². The van der Waals surface area contributed by atoms with Crippen molar-refractivity contribution < 1.29 is 4.79 Å². The molecule has 116 valence electrons. The minimum absolute atomic E-state index is 0.267. The predicted molar refractivity (Wildman–Crippen MR) is 91.2 cm³/mol. The van der Waals surface area contributed by atoms with Gasteiger partial charge in [0.05, 0.1) is 0 Å². The Kier molecular flexibility index (Phi) is 5.85. The third-order valence-corrected chi connectivity index (χ3v) is 3.34. The first-order valence-electron chi connectivity index (χ1n) is 6.82. The van der Waals surface area contributed by atoms with Gasteiger partial charge in [-0.15, -0.1) is 0 Å². The van der Waals surface area contributed by atoms with E-state index in [1.807, 2.05) is 38.4 Å². The van der Waals surface area contributed by atoms with Crippen LogP contribution in [0.1, 0.15) is 10.5 Å². The van der Waals surface area contributed by atoms with E-state index in [9.17, 15) is 4.79 Å². The average Bonchev–Trinajstić information content (AvgIpc) is 2.47. The van der Waals surface area contributed by atoms with Gasteiger partial charge in [-0.25, -0.2) is 9.97 Å². The predicted octanol–water partition coefficient (Wildman–Crippen LogP) is 2.46. The lowest BCUT2D eigenvalue weighted by atomic mass is 10.3. The number of benzene rings is 1. The molecule has 0 radical (unpaired) electrons. The van der Waals surface area contributed by atoms with Gasteiger partial charge in [0.15, 0.2) is 0 Å². The monoisotopic (exact) mass is 363 g/mol. The first kappa shape index (κ1) is 16.4. The van der Waals surface area contributed by atoms with Crippen LogP contribution < -0.4 is 10.6 Å². The molecule has 0 saturated heterocycles. The van der Waals surface area contributed by atoms with Crippen LogP contribution >= 0.6 is 15.9 Å². The molecule has 1 aromatic heterocycles. The quantitative estimate of drug-likeness (QED) is 0.824. The summed E-state index contributed by atoms with van der Waals surface area (Å²) in [5.41, 5.74) is 1.03. The highest BCUT2D eigenvalue weighted by Gasteiger charge is 2.09. The van der Waals surface area contributed by atoms with Crippen molar-refractivity contribution in [1.82, 2.24) is 14.9 Å². The first-order chi connectivity index (χ1) is 10.5. The second-order valence-electron chi connectivity index (χ2n) is 4.98. The van der Waals surface area contributed by atoms with Crippen molar-refractivity contribution in [3.8, 4) is 0 Å². The molecule has 2 aromatic rings. The zero-order chi connectivity index (χ0) is 15.9. The molecular weight excluding hydrogens is 346 g/mol. The number of nitrogens with zero attached hydrogens (tertiary/aromatic N) is 3. The summed E-state index contributed by atoms with van der Waals surface area (Å²) in [4.78, 5) is 22.4. The lowest BCUT2D eigenvalue weighted by Gasteiger charge is -2.11. The van der Waals surface area contributed by atoms with Gasteiger partial charge in [0.1, 0.15) is 17.8 Å². The summed E-state index contributed by atoms with van der Waals surface area (Å²) >= 11 is 3.37. The third kappa shape index (κ3) is 5.09. The molecule has 0 fully saturated rings. The lowest BCUT2D eigenvalue weighted by Crippen LogP contribution is -2.21. The van der Waals surface area contributed by atoms with Crippen molar-refractivity contribution in [2.24, 2.45) is 0 Å². The van der Waals surface area contributed by atoms with Crippen LogP contribution in [0.15, 0.2) is 41.1 Å². The summed E-state index contributed by atoms with van der Waals surface area (Å²) in [5.74, 6) is 0.368. The third-order valence-electron chi connectivity index (χ3n) is 2.85. The van der Waals surface area contributed by atoms with E-state index in [1.54, 1.807) is 6.07 Å². The maximum atomic E-state index is 12.2. The number of carbonyl (C=O) groups excluding carboxylic acids is 1. The molecule has 0 unspecified atom stereocenters. The molecule has 0 spiro atoms. The number of hydrogen-bond donors (Lipinski definition) is 2. The van der Waals surface area contributed by atoms with E-state index in [0.29, 0.717) is 17.2 Å². The van der Waals surface area contributed by atoms with E-state index >= 15 is 0 Å². The summed E-state index contributed by atoms with van der Waals surface area (Å²) in [7, 11) is 4.00. The summed E-state index contributed by atoms with van der Waals surface area (Å²) in [6.45, 7) is 1.63. The van der Waals surface area contributed by atoms with Gasteiger partial charge < -0.3 is 15.5 Å². The van der Waals surface area contributed by atoms with Gasteiger partial charge in [0, 0.05) is 29.3 Å². The molecule has 0 saturated carbocycles. The van der Waals surface area contributed by atoms with Gasteiger partial charge in [-0.1, -0.05) is 22.0 Å². The molecule has 2 N–H and O–H groups in total. The molecule has 1 amide bonds. The van der Waals surface area contributed by atoms with Gasteiger partial charge >= 0.3 is 0 Å². The first-order valence-corrected chi connectivity index (χ1v) is 7.61. The number of nitrogens with one attached hydrogen (secondary N) is 2. The van der Waals surface area contributed by atoms with Gasteiger partial charge in [-0.05, 0) is 32.3 Å². The standard InChI is InChI=1S/C15H18BrN5O/c1-21(2)7-6-17-14-9-13(18-10-19-14)15(22)20-12-5-3-4-11(16)8-12/h3-5,8-10H,6-7H2,1-2H3,(H,20,22)(H,17,18,19). The van der Waals surface area contributed by atoms with E-state index in [1.165, 1.54) is 6.33 Å². The second kappa shape index (κ2) is 7.86. The number of amides is 1. The summed E-state index contributed by atoms with van der Waals surface area (Å²) in [5, 5.41) is 5.97. The molecule has 0 bridgehead atoms. The van der Waals surface area contributed by atoms with Gasteiger partial charge in [0.25, 0.3) is 5.91 Å². The Morgan fingerprint density at radius 2 is 2.09 bits per heavy atom. The normalized spacial score (nSPS) is 10.5. The largest absolute Gasteiger partial charge is 0.369 e. The fourth-order valence-corrected chi connectivity index (χ4v) is 2.15. The Morgan fingerprint density at radius 3 is 2.82 bits per heavy atom. The zero-order valence-corrected chi connectivity index (χ0v) is 14.1.